The lowest BCUT2D eigenvalue weighted by Crippen LogP contribution is -2.31. The fourth-order valence-corrected chi connectivity index (χ4v) is 5.12. The van der Waals surface area contributed by atoms with E-state index in [2.05, 4.69) is 42.2 Å². The summed E-state index contributed by atoms with van der Waals surface area (Å²) in [5.41, 5.74) is 1.74. The molecule has 4 aromatic rings. The lowest BCUT2D eigenvalue weighted by molar-refractivity contribution is 0.102. The summed E-state index contributed by atoms with van der Waals surface area (Å²) in [6, 6.07) is 8.17. The van der Waals surface area contributed by atoms with Crippen LogP contribution in [0, 0.1) is 18.8 Å². The fraction of sp³-hybridized carbons (Fsp3) is 0.240. The minimum Gasteiger partial charge on any atom is -0.356 e. The van der Waals surface area contributed by atoms with Crippen LogP contribution in [0.2, 0.25) is 5.15 Å². The van der Waals surface area contributed by atoms with E-state index < -0.39 is 15.9 Å². The van der Waals surface area contributed by atoms with Gasteiger partial charge in [0.2, 0.25) is 15.8 Å². The summed E-state index contributed by atoms with van der Waals surface area (Å²) in [7, 11) is -4.15. The molecule has 1 fully saturated rings. The number of fused-ring (bicyclic) bond motifs is 1. The van der Waals surface area contributed by atoms with Gasteiger partial charge in [0.25, 0.3) is 5.91 Å². The van der Waals surface area contributed by atoms with Gasteiger partial charge in [-0.3, -0.25) is 9.20 Å². The van der Waals surface area contributed by atoms with Crippen LogP contribution in [0.4, 0.5) is 11.6 Å². The summed E-state index contributed by atoms with van der Waals surface area (Å²) in [6.07, 6.45) is 6.02. The highest BCUT2D eigenvalue weighted by Gasteiger charge is 2.18. The lowest BCUT2D eigenvalue weighted by atomic mass is 10.1. The van der Waals surface area contributed by atoms with Crippen molar-refractivity contribution < 1.29 is 13.2 Å². The molecule has 0 unspecified atom stereocenters. The van der Waals surface area contributed by atoms with Crippen LogP contribution >= 0.6 is 11.6 Å². The number of carbonyl (C=O) groups excluding carboxylic acids is 1. The van der Waals surface area contributed by atoms with Crippen molar-refractivity contribution in [1.29, 1.82) is 0 Å². The Hall–Kier alpha value is -4.05. The van der Waals surface area contributed by atoms with Crippen LogP contribution in [-0.4, -0.2) is 52.0 Å². The molecule has 3 N–H and O–H groups in total. The van der Waals surface area contributed by atoms with E-state index in [0.29, 0.717) is 16.4 Å². The number of halogens is 1. The van der Waals surface area contributed by atoms with Crippen LogP contribution in [-0.2, 0) is 10.0 Å². The van der Waals surface area contributed by atoms with E-state index in [1.54, 1.807) is 24.3 Å². The monoisotopic (exact) mass is 550 g/mol. The first kappa shape index (κ1) is 25.6. The predicted molar refractivity (Wildman–Crippen MR) is 143 cm³/mol. The molecular formula is C25H23ClN8O3S. The third kappa shape index (κ3) is 5.31. The van der Waals surface area contributed by atoms with Crippen LogP contribution in [0.5, 0.6) is 0 Å². The first-order valence-electron chi connectivity index (χ1n) is 11.8. The Balaban J connectivity index is 1.43. The summed E-state index contributed by atoms with van der Waals surface area (Å²) >= 11 is 6.23. The Morgan fingerprint density at radius 1 is 1.08 bits per heavy atom. The summed E-state index contributed by atoms with van der Waals surface area (Å²) < 4.78 is 25.8. The molecule has 5 heterocycles. The Morgan fingerprint density at radius 3 is 2.61 bits per heavy atom. The number of piperidine rings is 1. The average molecular weight is 551 g/mol. The molecule has 0 aromatic carbocycles. The second kappa shape index (κ2) is 10.4. The second-order valence-corrected chi connectivity index (χ2v) is 10.7. The van der Waals surface area contributed by atoms with Gasteiger partial charge >= 0.3 is 0 Å². The van der Waals surface area contributed by atoms with Gasteiger partial charge in [-0.1, -0.05) is 23.6 Å². The molecule has 11 nitrogen and oxygen atoms in total. The van der Waals surface area contributed by atoms with Gasteiger partial charge in [-0.15, -0.1) is 10.2 Å². The number of aromatic nitrogens is 5. The summed E-state index contributed by atoms with van der Waals surface area (Å²) in [4.78, 5) is 23.5. The molecule has 1 saturated heterocycles. The van der Waals surface area contributed by atoms with E-state index in [1.807, 2.05) is 6.92 Å². The predicted octanol–water partition coefficient (Wildman–Crippen LogP) is 2.77. The maximum atomic E-state index is 13.0. The molecule has 194 valence electrons. The highest BCUT2D eigenvalue weighted by Crippen LogP contribution is 2.23. The van der Waals surface area contributed by atoms with Crippen LogP contribution in [0.25, 0.3) is 5.65 Å². The summed E-state index contributed by atoms with van der Waals surface area (Å²) in [6.45, 7) is 3.81. The molecular weight excluding hydrogens is 528 g/mol. The molecule has 0 bridgehead atoms. The summed E-state index contributed by atoms with van der Waals surface area (Å²) in [5.74, 6) is 6.23. The van der Waals surface area contributed by atoms with E-state index in [4.69, 9.17) is 16.7 Å². The van der Waals surface area contributed by atoms with Gasteiger partial charge in [-0.2, -0.15) is 0 Å². The van der Waals surface area contributed by atoms with Crippen molar-refractivity contribution in [1.82, 2.24) is 24.6 Å². The zero-order valence-electron chi connectivity index (χ0n) is 20.3. The van der Waals surface area contributed by atoms with E-state index in [0.717, 1.165) is 43.5 Å². The van der Waals surface area contributed by atoms with Gasteiger partial charge in [0.1, 0.15) is 21.7 Å². The number of nitrogens with one attached hydrogen (secondary N) is 1. The molecule has 0 radical (unpaired) electrons. The topological polar surface area (TPSA) is 148 Å². The number of rotatable bonds is 4. The average Bonchev–Trinajstić information content (AvgIpc) is 3.32. The molecule has 38 heavy (non-hydrogen) atoms. The zero-order valence-corrected chi connectivity index (χ0v) is 21.9. The molecule has 1 amide bonds. The van der Waals surface area contributed by atoms with Gasteiger partial charge in [-0.25, -0.2) is 23.5 Å². The number of amides is 1. The molecule has 1 aliphatic rings. The van der Waals surface area contributed by atoms with E-state index in [-0.39, 0.29) is 22.1 Å². The van der Waals surface area contributed by atoms with Crippen molar-refractivity contribution in [3.63, 3.8) is 0 Å². The molecule has 13 heteroatoms. The Kier molecular flexibility index (Phi) is 6.98. The SMILES string of the molecule is Cc1cc(C(=O)Nc2cc(C#Cc3nnc4cccc(Cl)n34)c(S(N)(=O)=O)cn2)cnc1N1CCCCC1. The van der Waals surface area contributed by atoms with Crippen LogP contribution in [0.1, 0.15) is 46.6 Å². The molecule has 0 saturated carbocycles. The maximum absolute atomic E-state index is 13.0. The fourth-order valence-electron chi connectivity index (χ4n) is 4.26. The van der Waals surface area contributed by atoms with Crippen molar-refractivity contribution >= 4 is 44.8 Å². The molecule has 0 spiro atoms. The quantitative estimate of drug-likeness (QED) is 0.291. The number of anilines is 2. The number of hydrogen-bond donors (Lipinski definition) is 2. The number of hydrogen-bond acceptors (Lipinski definition) is 8. The number of nitrogens with two attached hydrogens (primary N) is 1. The Bertz CT molecular complexity index is 1720. The molecule has 5 rings (SSSR count). The smallest absolute Gasteiger partial charge is 0.258 e. The van der Waals surface area contributed by atoms with Gasteiger partial charge in [0, 0.05) is 19.3 Å². The normalized spacial score (nSPS) is 13.7. The number of primary sulfonamides is 1. The number of pyridine rings is 3. The van der Waals surface area contributed by atoms with Crippen LogP contribution in [0.3, 0.4) is 0 Å². The van der Waals surface area contributed by atoms with Crippen molar-refractivity contribution in [2.24, 2.45) is 5.14 Å². The van der Waals surface area contributed by atoms with E-state index in [9.17, 15) is 13.2 Å². The minimum atomic E-state index is -4.15. The van der Waals surface area contributed by atoms with Crippen LogP contribution < -0.4 is 15.4 Å². The second-order valence-electron chi connectivity index (χ2n) is 8.79. The first-order chi connectivity index (χ1) is 18.2. The molecule has 4 aromatic heterocycles. The van der Waals surface area contributed by atoms with Gasteiger partial charge < -0.3 is 10.2 Å². The number of nitrogens with zero attached hydrogens (tertiary/aromatic N) is 6. The van der Waals surface area contributed by atoms with Crippen molar-refractivity contribution in [3.05, 3.63) is 70.4 Å². The third-order valence-electron chi connectivity index (χ3n) is 6.07. The van der Waals surface area contributed by atoms with Gasteiger partial charge in [-0.05, 0) is 61.9 Å². The van der Waals surface area contributed by atoms with Crippen molar-refractivity contribution in [2.75, 3.05) is 23.3 Å². The largest absolute Gasteiger partial charge is 0.356 e. The summed E-state index contributed by atoms with van der Waals surface area (Å²) in [5, 5.41) is 16.4. The molecule has 1 aliphatic heterocycles. The maximum Gasteiger partial charge on any atom is 0.258 e. The Morgan fingerprint density at radius 2 is 1.87 bits per heavy atom. The van der Waals surface area contributed by atoms with E-state index >= 15 is 0 Å². The Labute approximate surface area is 224 Å². The van der Waals surface area contributed by atoms with E-state index in [1.165, 1.54) is 23.1 Å². The zero-order chi connectivity index (χ0) is 26.9. The molecule has 0 atom stereocenters. The van der Waals surface area contributed by atoms with Crippen LogP contribution in [0.15, 0.2) is 47.6 Å². The first-order valence-corrected chi connectivity index (χ1v) is 13.7. The minimum absolute atomic E-state index is 0.0244. The van der Waals surface area contributed by atoms with Gasteiger partial charge in [0.05, 0.1) is 17.3 Å². The highest BCUT2D eigenvalue weighted by molar-refractivity contribution is 7.89. The van der Waals surface area contributed by atoms with Crippen molar-refractivity contribution in [3.8, 4) is 11.8 Å². The highest BCUT2D eigenvalue weighted by atomic mass is 35.5. The number of sulfonamides is 1. The third-order valence-corrected chi connectivity index (χ3v) is 7.31. The number of carbonyl (C=O) groups is 1. The van der Waals surface area contributed by atoms with Crippen molar-refractivity contribution in [2.45, 2.75) is 31.1 Å². The van der Waals surface area contributed by atoms with Gasteiger partial charge in [0.15, 0.2) is 5.65 Å². The molecule has 0 aliphatic carbocycles. The number of aryl methyl sites for hydroxylation is 1. The lowest BCUT2D eigenvalue weighted by Gasteiger charge is -2.29. The standard InChI is InChI=1S/C25H23ClN8O3S/c1-16-12-18(14-29-24(16)33-10-3-2-4-11-33)25(35)30-21-13-17(19(15-28-21)38(27,36)37)8-9-23-32-31-22-7-5-6-20(26)34(22)23/h5-7,12-15H,2-4,10-11H2,1H3,(H2,27,36,37)(H,28,30,35).